The van der Waals surface area contributed by atoms with Gasteiger partial charge in [-0.25, -0.2) is 0 Å². The number of fused-ring (bicyclic) bond motifs is 9. The van der Waals surface area contributed by atoms with Crippen LogP contribution in [-0.4, -0.2) is 0 Å². The van der Waals surface area contributed by atoms with E-state index in [2.05, 4.69) is 36.4 Å². The third-order valence-electron chi connectivity index (χ3n) is 11.4. The summed E-state index contributed by atoms with van der Waals surface area (Å²) >= 11 is 0. The Kier molecular flexibility index (Phi) is 5.30. The maximum absolute atomic E-state index is 9.08. The van der Waals surface area contributed by atoms with Crippen molar-refractivity contribution in [2.45, 2.75) is 0 Å². The molecule has 57 heavy (non-hydrogen) atoms. The van der Waals surface area contributed by atoms with E-state index < -0.39 is 6.04 Å². The van der Waals surface area contributed by atoms with Crippen LogP contribution >= 0.6 is 0 Å². The van der Waals surface area contributed by atoms with Crippen molar-refractivity contribution in [3.8, 4) is 44.5 Å². The van der Waals surface area contributed by atoms with Crippen molar-refractivity contribution >= 4 is 75.8 Å². The van der Waals surface area contributed by atoms with E-state index >= 15 is 0 Å². The molecule has 0 unspecified atom stereocenters. The standard InChI is InChI=1S/C56H34O/c1-2-16-36(17-3-1)53-46-22-8-10-24-48(46)54(49-25-11-9-23-47(49)53)51-34-38-33-37(31-32-40(38)42-20-6-7-21-44(42)51)41-26-13-29-50-55-45(28-14-30-52(55)57-56(41)50)43-27-12-18-35-15-4-5-19-39(35)43/h1-34H/i1D,2D,3D,4D,5D,12D,16D,17D,27D. The lowest BCUT2D eigenvalue weighted by Gasteiger charge is -2.19. The van der Waals surface area contributed by atoms with Crippen LogP contribution < -0.4 is 0 Å². The maximum atomic E-state index is 9.08. The van der Waals surface area contributed by atoms with E-state index in [1.165, 1.54) is 0 Å². The fourth-order valence-corrected chi connectivity index (χ4v) is 9.03. The van der Waals surface area contributed by atoms with Crippen LogP contribution in [0.25, 0.3) is 120 Å². The smallest absolute Gasteiger partial charge is 0.143 e. The number of rotatable bonds is 4. The van der Waals surface area contributed by atoms with Crippen molar-refractivity contribution in [2.24, 2.45) is 0 Å². The molecule has 0 fully saturated rings. The highest BCUT2D eigenvalue weighted by Gasteiger charge is 2.21. The topological polar surface area (TPSA) is 13.1 Å². The minimum atomic E-state index is -0.428. The van der Waals surface area contributed by atoms with Gasteiger partial charge in [0.05, 0.1) is 12.3 Å². The molecule has 0 N–H and O–H groups in total. The van der Waals surface area contributed by atoms with Gasteiger partial charge in [-0.1, -0.05) is 188 Å². The molecule has 12 aromatic rings. The molecule has 0 aliphatic carbocycles. The highest BCUT2D eigenvalue weighted by atomic mass is 16.3. The van der Waals surface area contributed by atoms with Crippen LogP contribution in [-0.2, 0) is 0 Å². The SMILES string of the molecule is [2H]c1cc2cc([2H])c([2H])c(-c3cccc4oc5c(-c6ccc7c(c6)cc(-c6c8ccccc8c(-c8c([2H])c([2H])c([2H])c([2H])c8[2H])c8ccccc68)c6ccccc67)cccc5c34)c2cc1[2H]. The first kappa shape index (κ1) is 24.1. The van der Waals surface area contributed by atoms with Gasteiger partial charge in [-0.15, -0.1) is 0 Å². The summed E-state index contributed by atoms with van der Waals surface area (Å²) < 4.78 is 84.7. The Hall–Kier alpha value is -7.48. The van der Waals surface area contributed by atoms with Gasteiger partial charge in [0.25, 0.3) is 0 Å². The van der Waals surface area contributed by atoms with E-state index in [0.29, 0.717) is 33.1 Å². The number of para-hydroxylation sites is 1. The Bertz CT molecular complexity index is 4020. The Morgan fingerprint density at radius 1 is 0.333 bits per heavy atom. The van der Waals surface area contributed by atoms with Crippen molar-refractivity contribution in [1.82, 2.24) is 0 Å². The molecule has 0 radical (unpaired) electrons. The Labute approximate surface area is 342 Å². The number of hydrogen-bond acceptors (Lipinski definition) is 1. The van der Waals surface area contributed by atoms with E-state index in [0.717, 1.165) is 81.7 Å². The van der Waals surface area contributed by atoms with E-state index in [4.69, 9.17) is 16.8 Å². The van der Waals surface area contributed by atoms with Crippen LogP contribution in [0, 0.1) is 0 Å². The molecule has 0 saturated heterocycles. The molecule has 11 aromatic carbocycles. The van der Waals surface area contributed by atoms with Crippen molar-refractivity contribution in [1.29, 1.82) is 0 Å². The summed E-state index contributed by atoms with van der Waals surface area (Å²) in [4.78, 5) is 0. The van der Waals surface area contributed by atoms with Crippen LogP contribution in [0.4, 0.5) is 0 Å². The second-order valence-corrected chi connectivity index (χ2v) is 14.4. The number of hydrogen-bond donors (Lipinski definition) is 0. The minimum absolute atomic E-state index is 0.0363. The first-order valence-corrected chi connectivity index (χ1v) is 18.9. The van der Waals surface area contributed by atoms with Gasteiger partial charge >= 0.3 is 0 Å². The fourth-order valence-electron chi connectivity index (χ4n) is 9.03. The molecular weight excluding hydrogens is 689 g/mol. The third kappa shape index (κ3) is 4.83. The average Bonchev–Trinajstić information content (AvgIpc) is 3.73. The summed E-state index contributed by atoms with van der Waals surface area (Å²) in [5, 5.41) is 10.4. The molecule has 1 aromatic heterocycles. The van der Waals surface area contributed by atoms with Crippen molar-refractivity contribution < 1.29 is 16.8 Å². The zero-order valence-corrected chi connectivity index (χ0v) is 30.3. The summed E-state index contributed by atoms with van der Waals surface area (Å²) in [6.45, 7) is 0. The summed E-state index contributed by atoms with van der Waals surface area (Å²) in [6, 6.07) is 48.0. The minimum Gasteiger partial charge on any atom is -0.455 e. The summed E-state index contributed by atoms with van der Waals surface area (Å²) in [5.74, 6) is 0. The van der Waals surface area contributed by atoms with Gasteiger partial charge in [0.1, 0.15) is 11.2 Å². The predicted molar refractivity (Wildman–Crippen MR) is 243 cm³/mol. The van der Waals surface area contributed by atoms with Gasteiger partial charge in [-0.05, 0) is 111 Å². The molecule has 0 aliphatic rings. The van der Waals surface area contributed by atoms with Gasteiger partial charge in [0, 0.05) is 16.3 Å². The van der Waals surface area contributed by atoms with Crippen LogP contribution in [0.3, 0.4) is 0 Å². The van der Waals surface area contributed by atoms with Gasteiger partial charge in [-0.2, -0.15) is 0 Å². The predicted octanol–water partition coefficient (Wildman–Crippen LogP) is 16.0. The lowest BCUT2D eigenvalue weighted by atomic mass is 9.83. The van der Waals surface area contributed by atoms with Crippen molar-refractivity contribution in [2.75, 3.05) is 0 Å². The van der Waals surface area contributed by atoms with Crippen LogP contribution in [0.15, 0.2) is 210 Å². The second kappa shape index (κ2) is 12.5. The zero-order chi connectivity index (χ0) is 45.3. The second-order valence-electron chi connectivity index (χ2n) is 14.4. The molecule has 0 amide bonds. The summed E-state index contributed by atoms with van der Waals surface area (Å²) in [6.07, 6.45) is 0. The van der Waals surface area contributed by atoms with Crippen LogP contribution in [0.5, 0.6) is 0 Å². The third-order valence-corrected chi connectivity index (χ3v) is 11.4. The first-order valence-electron chi connectivity index (χ1n) is 23.4. The van der Waals surface area contributed by atoms with Crippen molar-refractivity contribution in [3.05, 3.63) is 206 Å². The molecule has 12 rings (SSSR count). The molecule has 0 spiro atoms. The zero-order valence-electron chi connectivity index (χ0n) is 39.3. The van der Waals surface area contributed by atoms with E-state index in [1.807, 2.05) is 97.1 Å². The Morgan fingerprint density at radius 3 is 1.77 bits per heavy atom. The number of benzene rings is 11. The summed E-state index contributed by atoms with van der Waals surface area (Å²) in [7, 11) is 0. The molecular formula is C56H34O. The van der Waals surface area contributed by atoms with E-state index in [-0.39, 0.29) is 53.9 Å². The molecule has 0 atom stereocenters. The quantitative estimate of drug-likeness (QED) is 0.130. The van der Waals surface area contributed by atoms with E-state index in [9.17, 15) is 0 Å². The summed E-state index contributed by atoms with van der Waals surface area (Å²) in [5.41, 5.74) is 7.08. The molecule has 0 aliphatic heterocycles. The molecule has 264 valence electrons. The largest absolute Gasteiger partial charge is 0.455 e. The van der Waals surface area contributed by atoms with Crippen LogP contribution in [0.1, 0.15) is 12.3 Å². The van der Waals surface area contributed by atoms with Crippen LogP contribution in [0.2, 0.25) is 0 Å². The average molecular weight is 732 g/mol. The molecule has 0 bridgehead atoms. The monoisotopic (exact) mass is 731 g/mol. The van der Waals surface area contributed by atoms with E-state index in [1.54, 1.807) is 18.2 Å². The molecule has 1 nitrogen and oxygen atoms in total. The van der Waals surface area contributed by atoms with Gasteiger partial charge in [-0.3, -0.25) is 0 Å². The number of furan rings is 1. The maximum Gasteiger partial charge on any atom is 0.143 e. The normalized spacial score (nSPS) is 14.1. The first-order chi connectivity index (χ1) is 32.0. The Balaban J connectivity index is 1.11. The molecule has 0 saturated carbocycles. The lowest BCUT2D eigenvalue weighted by molar-refractivity contribution is 0.670. The molecule has 1 heterocycles. The Morgan fingerprint density at radius 2 is 0.982 bits per heavy atom. The lowest BCUT2D eigenvalue weighted by Crippen LogP contribution is -1.92. The van der Waals surface area contributed by atoms with Crippen molar-refractivity contribution in [3.63, 3.8) is 0 Å². The fraction of sp³-hybridized carbons (Fsp3) is 0. The highest BCUT2D eigenvalue weighted by molar-refractivity contribution is 6.26. The highest BCUT2D eigenvalue weighted by Crippen LogP contribution is 2.48. The van der Waals surface area contributed by atoms with Gasteiger partial charge < -0.3 is 4.42 Å². The molecule has 1 heteroatoms. The van der Waals surface area contributed by atoms with Gasteiger partial charge in [0.15, 0.2) is 0 Å². The van der Waals surface area contributed by atoms with Gasteiger partial charge in [0.2, 0.25) is 0 Å².